The minimum atomic E-state index is -0.282. The zero-order chi connectivity index (χ0) is 16.4. The molecule has 0 aromatic carbocycles. The normalized spacial score (nSPS) is 17.6. The van der Waals surface area contributed by atoms with Crippen molar-refractivity contribution in [1.29, 1.82) is 0 Å². The van der Waals surface area contributed by atoms with Crippen molar-refractivity contribution >= 4 is 17.7 Å². The van der Waals surface area contributed by atoms with Crippen LogP contribution < -0.4 is 5.32 Å². The quantitative estimate of drug-likeness (QED) is 0.756. The molecular weight excluding hydrogens is 298 g/mol. The third-order valence-corrected chi connectivity index (χ3v) is 4.29. The lowest BCUT2D eigenvalue weighted by molar-refractivity contribution is -0.127. The lowest BCUT2D eigenvalue weighted by Crippen LogP contribution is -2.37. The Kier molecular flexibility index (Phi) is 4.31. The first-order valence-corrected chi connectivity index (χ1v) is 7.95. The van der Waals surface area contributed by atoms with Gasteiger partial charge in [0, 0.05) is 45.7 Å². The van der Waals surface area contributed by atoms with Crippen LogP contribution in [0, 0.1) is 0 Å². The standard InChI is InChI=1S/C15H21N5O3/c1-18-8-9-20-12(15(18)23)10-11(17-20)14(22)16-5-3-7-19-6-2-4-13(19)21/h10H,2-9H2,1H3,(H,16,22). The Morgan fingerprint density at radius 1 is 1.30 bits per heavy atom. The molecule has 3 heterocycles. The molecule has 3 rings (SSSR count). The van der Waals surface area contributed by atoms with Gasteiger partial charge in [0.2, 0.25) is 5.91 Å². The van der Waals surface area contributed by atoms with Crippen LogP contribution in [0.5, 0.6) is 0 Å². The van der Waals surface area contributed by atoms with Gasteiger partial charge in [-0.1, -0.05) is 0 Å². The average molecular weight is 319 g/mol. The zero-order valence-corrected chi connectivity index (χ0v) is 13.2. The van der Waals surface area contributed by atoms with Crippen molar-refractivity contribution in [2.45, 2.75) is 25.8 Å². The van der Waals surface area contributed by atoms with E-state index in [0.717, 1.165) is 13.0 Å². The van der Waals surface area contributed by atoms with Gasteiger partial charge in [0.1, 0.15) is 5.69 Å². The highest BCUT2D eigenvalue weighted by molar-refractivity contribution is 5.98. The number of aromatic nitrogens is 2. The summed E-state index contributed by atoms with van der Waals surface area (Å²) in [5.74, 6) is -0.203. The highest BCUT2D eigenvalue weighted by Gasteiger charge is 2.25. The van der Waals surface area contributed by atoms with E-state index in [-0.39, 0.29) is 23.4 Å². The van der Waals surface area contributed by atoms with Crippen molar-refractivity contribution in [2.24, 2.45) is 0 Å². The second kappa shape index (κ2) is 6.39. The van der Waals surface area contributed by atoms with Crippen molar-refractivity contribution in [3.8, 4) is 0 Å². The predicted octanol–water partition coefficient (Wildman–Crippen LogP) is -0.289. The largest absolute Gasteiger partial charge is 0.351 e. The first-order chi connectivity index (χ1) is 11.1. The van der Waals surface area contributed by atoms with Gasteiger partial charge in [-0.15, -0.1) is 0 Å². The van der Waals surface area contributed by atoms with E-state index in [1.54, 1.807) is 16.6 Å². The number of nitrogens with zero attached hydrogens (tertiary/aromatic N) is 4. The number of carbonyl (C=O) groups is 3. The molecule has 1 fully saturated rings. The number of hydrogen-bond acceptors (Lipinski definition) is 4. The molecule has 3 amide bonds. The molecule has 8 nitrogen and oxygen atoms in total. The summed E-state index contributed by atoms with van der Waals surface area (Å²) in [4.78, 5) is 39.0. The lowest BCUT2D eigenvalue weighted by atomic mass is 10.2. The molecule has 2 aliphatic heterocycles. The van der Waals surface area contributed by atoms with E-state index in [9.17, 15) is 14.4 Å². The minimum absolute atomic E-state index is 0.115. The van der Waals surface area contributed by atoms with Crippen LogP contribution >= 0.6 is 0 Å². The molecule has 23 heavy (non-hydrogen) atoms. The van der Waals surface area contributed by atoms with Crippen LogP contribution in [-0.2, 0) is 11.3 Å². The van der Waals surface area contributed by atoms with Crippen LogP contribution in [0.15, 0.2) is 6.07 Å². The van der Waals surface area contributed by atoms with Gasteiger partial charge in [0.25, 0.3) is 11.8 Å². The Morgan fingerprint density at radius 3 is 2.87 bits per heavy atom. The molecule has 0 radical (unpaired) electrons. The molecule has 0 unspecified atom stereocenters. The maximum absolute atomic E-state index is 12.1. The topological polar surface area (TPSA) is 87.5 Å². The summed E-state index contributed by atoms with van der Waals surface area (Å²) < 4.78 is 1.58. The molecule has 1 saturated heterocycles. The van der Waals surface area contributed by atoms with Crippen molar-refractivity contribution in [3.05, 3.63) is 17.5 Å². The number of fused-ring (bicyclic) bond motifs is 1. The molecule has 0 spiro atoms. The van der Waals surface area contributed by atoms with E-state index >= 15 is 0 Å². The van der Waals surface area contributed by atoms with Crippen molar-refractivity contribution in [3.63, 3.8) is 0 Å². The molecular formula is C15H21N5O3. The summed E-state index contributed by atoms with van der Waals surface area (Å²) in [6.45, 7) is 3.16. The molecule has 8 heteroatoms. The maximum atomic E-state index is 12.1. The van der Waals surface area contributed by atoms with Gasteiger partial charge in [-0.25, -0.2) is 0 Å². The third kappa shape index (κ3) is 3.20. The smallest absolute Gasteiger partial charge is 0.271 e. The van der Waals surface area contributed by atoms with Crippen LogP contribution in [0.4, 0.5) is 0 Å². The SMILES string of the molecule is CN1CCn2nc(C(=O)NCCCN3CCCC3=O)cc2C1=O. The Labute approximate surface area is 134 Å². The van der Waals surface area contributed by atoms with Gasteiger partial charge in [0.15, 0.2) is 5.69 Å². The highest BCUT2D eigenvalue weighted by atomic mass is 16.2. The molecule has 0 bridgehead atoms. The second-order valence-corrected chi connectivity index (χ2v) is 5.96. The summed E-state index contributed by atoms with van der Waals surface area (Å²) in [6, 6.07) is 1.54. The van der Waals surface area contributed by atoms with Crippen molar-refractivity contribution in [1.82, 2.24) is 24.9 Å². The number of carbonyl (C=O) groups excluding carboxylic acids is 3. The number of nitrogens with one attached hydrogen (secondary N) is 1. The van der Waals surface area contributed by atoms with Crippen molar-refractivity contribution < 1.29 is 14.4 Å². The van der Waals surface area contributed by atoms with Gasteiger partial charge in [0.05, 0.1) is 6.54 Å². The molecule has 124 valence electrons. The molecule has 2 aliphatic rings. The van der Waals surface area contributed by atoms with E-state index in [1.165, 1.54) is 6.07 Å². The fraction of sp³-hybridized carbons (Fsp3) is 0.600. The summed E-state index contributed by atoms with van der Waals surface area (Å²) >= 11 is 0. The van der Waals surface area contributed by atoms with E-state index in [1.807, 2.05) is 4.90 Å². The Morgan fingerprint density at radius 2 is 2.13 bits per heavy atom. The number of hydrogen-bond donors (Lipinski definition) is 1. The summed E-state index contributed by atoms with van der Waals surface area (Å²) in [5, 5.41) is 6.99. The van der Waals surface area contributed by atoms with E-state index in [0.29, 0.717) is 44.7 Å². The third-order valence-electron chi connectivity index (χ3n) is 4.29. The second-order valence-electron chi connectivity index (χ2n) is 5.96. The zero-order valence-electron chi connectivity index (χ0n) is 13.2. The Bertz CT molecular complexity index is 639. The fourth-order valence-corrected chi connectivity index (χ4v) is 2.92. The van der Waals surface area contributed by atoms with Crippen molar-refractivity contribution in [2.75, 3.05) is 33.2 Å². The van der Waals surface area contributed by atoms with Gasteiger partial charge >= 0.3 is 0 Å². The molecule has 0 aliphatic carbocycles. The van der Waals surface area contributed by atoms with Crippen LogP contribution in [0.25, 0.3) is 0 Å². The monoisotopic (exact) mass is 319 g/mol. The maximum Gasteiger partial charge on any atom is 0.271 e. The highest BCUT2D eigenvalue weighted by Crippen LogP contribution is 2.12. The number of rotatable bonds is 5. The molecule has 1 N–H and O–H groups in total. The van der Waals surface area contributed by atoms with Gasteiger partial charge < -0.3 is 15.1 Å². The Balaban J connectivity index is 1.50. The number of likely N-dealkylation sites (tertiary alicyclic amines) is 1. The van der Waals surface area contributed by atoms with E-state index in [2.05, 4.69) is 10.4 Å². The number of likely N-dealkylation sites (N-methyl/N-ethyl adjacent to an activating group) is 1. The molecule has 1 aromatic rings. The average Bonchev–Trinajstić information content (AvgIpc) is 3.14. The van der Waals surface area contributed by atoms with E-state index in [4.69, 9.17) is 0 Å². The molecule has 0 saturated carbocycles. The summed E-state index contributed by atoms with van der Waals surface area (Å²) in [6.07, 6.45) is 2.27. The predicted molar refractivity (Wildman–Crippen MR) is 82.0 cm³/mol. The van der Waals surface area contributed by atoms with Crippen LogP contribution in [0.2, 0.25) is 0 Å². The summed E-state index contributed by atoms with van der Waals surface area (Å²) in [7, 11) is 1.73. The summed E-state index contributed by atoms with van der Waals surface area (Å²) in [5.41, 5.74) is 0.715. The van der Waals surface area contributed by atoms with Gasteiger partial charge in [-0.05, 0) is 12.8 Å². The Hall–Kier alpha value is -2.38. The lowest BCUT2D eigenvalue weighted by Gasteiger charge is -2.22. The first kappa shape index (κ1) is 15.5. The molecule has 1 aromatic heterocycles. The van der Waals surface area contributed by atoms with Gasteiger partial charge in [-0.2, -0.15) is 5.10 Å². The molecule has 0 atom stereocenters. The van der Waals surface area contributed by atoms with E-state index < -0.39 is 0 Å². The van der Waals surface area contributed by atoms with Gasteiger partial charge in [-0.3, -0.25) is 19.1 Å². The van der Waals surface area contributed by atoms with Crippen LogP contribution in [-0.4, -0.2) is 70.5 Å². The van der Waals surface area contributed by atoms with Crippen LogP contribution in [0.3, 0.4) is 0 Å². The fourth-order valence-electron chi connectivity index (χ4n) is 2.92. The first-order valence-electron chi connectivity index (χ1n) is 7.95. The number of amides is 3. The minimum Gasteiger partial charge on any atom is -0.351 e. The van der Waals surface area contributed by atoms with Crippen LogP contribution in [0.1, 0.15) is 40.2 Å².